The van der Waals surface area contributed by atoms with Crippen LogP contribution in [0.2, 0.25) is 0 Å². The van der Waals surface area contributed by atoms with Gasteiger partial charge in [-0.1, -0.05) is 15.9 Å². The summed E-state index contributed by atoms with van der Waals surface area (Å²) >= 11 is 3.27. The van der Waals surface area contributed by atoms with Gasteiger partial charge < -0.3 is 4.74 Å². The van der Waals surface area contributed by atoms with Crippen molar-refractivity contribution in [2.24, 2.45) is 0 Å². The number of rotatable bonds is 3. The lowest BCUT2D eigenvalue weighted by Crippen LogP contribution is -2.08. The first-order valence-electron chi connectivity index (χ1n) is 3.68. The average Bonchev–Trinajstić information content (AvgIpc) is 2.04. The Hall–Kier alpha value is -0.770. The summed E-state index contributed by atoms with van der Waals surface area (Å²) in [5, 5.41) is 0.664. The van der Waals surface area contributed by atoms with Crippen molar-refractivity contribution in [3.05, 3.63) is 28.0 Å². The van der Waals surface area contributed by atoms with Crippen molar-refractivity contribution in [2.45, 2.75) is 12.3 Å². The first-order chi connectivity index (χ1) is 5.76. The summed E-state index contributed by atoms with van der Waals surface area (Å²) in [6.45, 7) is 2.43. The molecular formula is C8H10BrNO2. The number of hydrogen-bond donors (Lipinski definition) is 1. The fourth-order valence-electron chi connectivity index (χ4n) is 0.882. The molecule has 0 bridgehead atoms. The molecule has 3 nitrogen and oxygen atoms in total. The van der Waals surface area contributed by atoms with E-state index < -0.39 is 0 Å². The second-order valence-corrected chi connectivity index (χ2v) is 2.84. The Kier molecular flexibility index (Phi) is 3.34. The van der Waals surface area contributed by atoms with Crippen molar-refractivity contribution in [3.63, 3.8) is 0 Å². The van der Waals surface area contributed by atoms with Crippen molar-refractivity contribution in [1.82, 2.24) is 4.98 Å². The largest absolute Gasteiger partial charge is 0.479 e. The molecule has 1 rings (SSSR count). The molecule has 12 heavy (non-hydrogen) atoms. The molecule has 0 aliphatic carbocycles. The number of aromatic amines is 1. The van der Waals surface area contributed by atoms with E-state index in [0.29, 0.717) is 17.8 Å². The fourth-order valence-corrected chi connectivity index (χ4v) is 1.21. The SMILES string of the molecule is CCOc1cc(CBr)cc(=O)[nH]1. The zero-order valence-electron chi connectivity index (χ0n) is 6.76. The molecule has 1 aromatic rings. The van der Waals surface area contributed by atoms with Gasteiger partial charge >= 0.3 is 0 Å². The van der Waals surface area contributed by atoms with Gasteiger partial charge in [0.25, 0.3) is 5.56 Å². The number of pyridine rings is 1. The van der Waals surface area contributed by atoms with Crippen molar-refractivity contribution < 1.29 is 4.74 Å². The summed E-state index contributed by atoms with van der Waals surface area (Å²) in [6.07, 6.45) is 0. The van der Waals surface area contributed by atoms with E-state index in [2.05, 4.69) is 20.9 Å². The number of hydrogen-bond acceptors (Lipinski definition) is 2. The number of nitrogens with one attached hydrogen (secondary N) is 1. The van der Waals surface area contributed by atoms with Gasteiger partial charge in [0, 0.05) is 17.5 Å². The number of H-pyrrole nitrogens is 1. The normalized spacial score (nSPS) is 9.83. The Morgan fingerprint density at radius 2 is 2.33 bits per heavy atom. The fraction of sp³-hybridized carbons (Fsp3) is 0.375. The Morgan fingerprint density at radius 3 is 2.92 bits per heavy atom. The zero-order chi connectivity index (χ0) is 8.97. The molecule has 1 N–H and O–H groups in total. The Labute approximate surface area is 78.9 Å². The highest BCUT2D eigenvalue weighted by Crippen LogP contribution is 2.09. The highest BCUT2D eigenvalue weighted by atomic mass is 79.9. The van der Waals surface area contributed by atoms with Gasteiger partial charge in [-0.05, 0) is 12.5 Å². The van der Waals surface area contributed by atoms with Gasteiger partial charge in [0.1, 0.15) is 0 Å². The lowest BCUT2D eigenvalue weighted by Gasteiger charge is -2.02. The summed E-state index contributed by atoms with van der Waals surface area (Å²) in [5.41, 5.74) is 0.789. The number of aromatic nitrogens is 1. The summed E-state index contributed by atoms with van der Waals surface area (Å²) < 4.78 is 5.15. The minimum Gasteiger partial charge on any atom is -0.479 e. The van der Waals surface area contributed by atoms with Crippen LogP contribution < -0.4 is 10.3 Å². The van der Waals surface area contributed by atoms with Gasteiger partial charge in [0.2, 0.25) is 0 Å². The standard InChI is InChI=1S/C8H10BrNO2/c1-2-12-8-4-6(5-9)3-7(11)10-8/h3-4H,2,5H2,1H3,(H,10,11). The molecular weight excluding hydrogens is 222 g/mol. The highest BCUT2D eigenvalue weighted by Gasteiger charge is 1.97. The quantitative estimate of drug-likeness (QED) is 0.805. The van der Waals surface area contributed by atoms with Crippen LogP contribution in [0.1, 0.15) is 12.5 Å². The van der Waals surface area contributed by atoms with E-state index >= 15 is 0 Å². The minimum atomic E-state index is -0.129. The lowest BCUT2D eigenvalue weighted by atomic mass is 10.3. The molecule has 0 amide bonds. The molecule has 4 heteroatoms. The van der Waals surface area contributed by atoms with E-state index in [0.717, 1.165) is 5.56 Å². The molecule has 1 heterocycles. The predicted octanol–water partition coefficient (Wildman–Crippen LogP) is 1.67. The van der Waals surface area contributed by atoms with Crippen LogP contribution in [-0.2, 0) is 5.33 Å². The van der Waals surface area contributed by atoms with Gasteiger partial charge in [-0.25, -0.2) is 0 Å². The van der Waals surface area contributed by atoms with E-state index in [-0.39, 0.29) is 5.56 Å². The minimum absolute atomic E-state index is 0.129. The molecule has 0 aliphatic rings. The molecule has 0 saturated carbocycles. The van der Waals surface area contributed by atoms with Gasteiger partial charge in [-0.3, -0.25) is 9.78 Å². The first kappa shape index (κ1) is 9.32. The third-order valence-electron chi connectivity index (χ3n) is 1.33. The van der Waals surface area contributed by atoms with Gasteiger partial charge in [-0.15, -0.1) is 0 Å². The highest BCUT2D eigenvalue weighted by molar-refractivity contribution is 9.08. The zero-order valence-corrected chi connectivity index (χ0v) is 8.35. The van der Waals surface area contributed by atoms with Crippen LogP contribution in [0.3, 0.4) is 0 Å². The third kappa shape index (κ3) is 2.37. The molecule has 0 atom stereocenters. The molecule has 0 aliphatic heterocycles. The monoisotopic (exact) mass is 231 g/mol. The van der Waals surface area contributed by atoms with E-state index in [4.69, 9.17) is 4.74 Å². The van der Waals surface area contributed by atoms with Crippen LogP contribution in [0.15, 0.2) is 16.9 Å². The molecule has 1 aromatic heterocycles. The third-order valence-corrected chi connectivity index (χ3v) is 1.98. The van der Waals surface area contributed by atoms with Crippen LogP contribution in [0, 0.1) is 0 Å². The second kappa shape index (κ2) is 4.30. The molecule has 0 fully saturated rings. The molecule has 0 spiro atoms. The maximum absolute atomic E-state index is 11.0. The van der Waals surface area contributed by atoms with Gasteiger partial charge in [0.15, 0.2) is 5.88 Å². The van der Waals surface area contributed by atoms with E-state index in [9.17, 15) is 4.79 Å². The maximum Gasteiger partial charge on any atom is 0.250 e. The number of halogens is 1. The van der Waals surface area contributed by atoms with Crippen LogP contribution in [0.25, 0.3) is 0 Å². The molecule has 0 unspecified atom stereocenters. The lowest BCUT2D eigenvalue weighted by molar-refractivity contribution is 0.325. The van der Waals surface area contributed by atoms with Crippen LogP contribution in [-0.4, -0.2) is 11.6 Å². The van der Waals surface area contributed by atoms with E-state index in [1.165, 1.54) is 6.07 Å². The molecule has 0 aromatic carbocycles. The molecule has 0 saturated heterocycles. The van der Waals surface area contributed by atoms with Crippen molar-refractivity contribution in [2.75, 3.05) is 6.61 Å². The Morgan fingerprint density at radius 1 is 1.58 bits per heavy atom. The average molecular weight is 232 g/mol. The van der Waals surface area contributed by atoms with Gasteiger partial charge in [0.05, 0.1) is 6.61 Å². The van der Waals surface area contributed by atoms with Crippen molar-refractivity contribution >= 4 is 15.9 Å². The summed E-state index contributed by atoms with van der Waals surface area (Å²) in [4.78, 5) is 13.6. The van der Waals surface area contributed by atoms with Crippen LogP contribution in [0.5, 0.6) is 5.88 Å². The molecule has 0 radical (unpaired) electrons. The number of ether oxygens (including phenoxy) is 1. The van der Waals surface area contributed by atoms with E-state index in [1.54, 1.807) is 6.07 Å². The van der Waals surface area contributed by atoms with Crippen molar-refractivity contribution in [1.29, 1.82) is 0 Å². The number of alkyl halides is 1. The second-order valence-electron chi connectivity index (χ2n) is 2.28. The first-order valence-corrected chi connectivity index (χ1v) is 4.80. The molecule has 66 valence electrons. The van der Waals surface area contributed by atoms with E-state index in [1.807, 2.05) is 6.92 Å². The maximum atomic E-state index is 11.0. The smallest absolute Gasteiger partial charge is 0.250 e. The summed E-state index contributed by atoms with van der Waals surface area (Å²) in [6, 6.07) is 3.34. The van der Waals surface area contributed by atoms with Crippen molar-refractivity contribution in [3.8, 4) is 5.88 Å². The summed E-state index contributed by atoms with van der Waals surface area (Å²) in [5.74, 6) is 0.527. The topological polar surface area (TPSA) is 42.1 Å². The Balaban J connectivity index is 2.98. The van der Waals surface area contributed by atoms with Crippen LogP contribution in [0.4, 0.5) is 0 Å². The Bertz CT molecular complexity index is 308. The van der Waals surface area contributed by atoms with Gasteiger partial charge in [-0.2, -0.15) is 0 Å². The van der Waals surface area contributed by atoms with Crippen LogP contribution >= 0.6 is 15.9 Å². The summed E-state index contributed by atoms with van der Waals surface area (Å²) in [7, 11) is 0. The predicted molar refractivity (Wildman–Crippen MR) is 50.9 cm³/mol.